The molecule has 1 N–H and O–H groups in total. The first-order chi connectivity index (χ1) is 7.29. The van der Waals surface area contributed by atoms with Crippen LogP contribution in [0.5, 0.6) is 0 Å². The Balaban J connectivity index is 1.93. The van der Waals surface area contributed by atoms with Gasteiger partial charge in [0.25, 0.3) is 0 Å². The van der Waals surface area contributed by atoms with E-state index in [1.54, 1.807) is 0 Å². The molecule has 2 atom stereocenters. The lowest BCUT2D eigenvalue weighted by molar-refractivity contribution is 0.0537. The maximum absolute atomic E-state index is 10.3. The largest absolute Gasteiger partial charge is 0.393 e. The van der Waals surface area contributed by atoms with E-state index >= 15 is 0 Å². The van der Waals surface area contributed by atoms with Crippen molar-refractivity contribution in [2.45, 2.75) is 64.4 Å². The summed E-state index contributed by atoms with van der Waals surface area (Å²) in [7, 11) is 0. The molecule has 1 saturated carbocycles. The topological polar surface area (TPSA) is 20.2 Å². The summed E-state index contributed by atoms with van der Waals surface area (Å²) in [5, 5.41) is 10.3. The minimum absolute atomic E-state index is 0.0369. The zero-order valence-corrected chi connectivity index (χ0v) is 9.91. The minimum atomic E-state index is -0.0369. The van der Waals surface area contributed by atoms with Gasteiger partial charge in [0.2, 0.25) is 0 Å². The Kier molecular flexibility index (Phi) is 3.50. The Morgan fingerprint density at radius 3 is 2.80 bits per heavy atom. The maximum atomic E-state index is 10.3. The average Bonchev–Trinajstić information content (AvgIpc) is 3.08. The predicted molar refractivity (Wildman–Crippen MR) is 63.7 cm³/mol. The van der Waals surface area contributed by atoms with E-state index in [-0.39, 0.29) is 6.10 Å². The van der Waals surface area contributed by atoms with E-state index in [9.17, 15) is 5.11 Å². The van der Waals surface area contributed by atoms with Crippen LogP contribution in [0.2, 0.25) is 0 Å². The van der Waals surface area contributed by atoms with Crippen LogP contribution in [0.1, 0.15) is 58.3 Å². The highest BCUT2D eigenvalue weighted by molar-refractivity contribution is 5.11. The van der Waals surface area contributed by atoms with Crippen LogP contribution in [-0.2, 0) is 0 Å². The fourth-order valence-corrected chi connectivity index (χ4v) is 3.07. The summed E-state index contributed by atoms with van der Waals surface area (Å²) in [6, 6.07) is 0. The van der Waals surface area contributed by atoms with Gasteiger partial charge in [-0.25, -0.2) is 0 Å². The van der Waals surface area contributed by atoms with E-state index < -0.39 is 0 Å². The molecule has 0 aliphatic heterocycles. The third kappa shape index (κ3) is 2.28. The highest BCUT2D eigenvalue weighted by atomic mass is 16.3. The van der Waals surface area contributed by atoms with Crippen LogP contribution in [0.4, 0.5) is 0 Å². The molecule has 15 heavy (non-hydrogen) atoms. The lowest BCUT2D eigenvalue weighted by Crippen LogP contribution is -2.29. The summed E-state index contributed by atoms with van der Waals surface area (Å²) in [5.74, 6) is 0.679. The summed E-state index contributed by atoms with van der Waals surface area (Å²) in [6.45, 7) is 2.20. The van der Waals surface area contributed by atoms with Crippen molar-refractivity contribution in [1.82, 2.24) is 0 Å². The molecule has 2 rings (SSSR count). The first-order valence-corrected chi connectivity index (χ1v) is 6.64. The molecule has 0 unspecified atom stereocenters. The van der Waals surface area contributed by atoms with Gasteiger partial charge in [-0.05, 0) is 44.4 Å². The van der Waals surface area contributed by atoms with Crippen LogP contribution < -0.4 is 0 Å². The van der Waals surface area contributed by atoms with Gasteiger partial charge in [-0.15, -0.1) is 0 Å². The molecule has 0 bridgehead atoms. The number of unbranched alkanes of at least 4 members (excludes halogenated alkanes) is 1. The number of hydrogen-bond acceptors (Lipinski definition) is 1. The van der Waals surface area contributed by atoms with Gasteiger partial charge >= 0.3 is 0 Å². The molecule has 0 heterocycles. The molecule has 0 aromatic carbocycles. The second-order valence-electron chi connectivity index (χ2n) is 5.36. The number of aliphatic hydroxyl groups is 1. The Morgan fingerprint density at radius 2 is 2.27 bits per heavy atom. The predicted octanol–water partition coefficient (Wildman–Crippen LogP) is 3.67. The molecule has 86 valence electrons. The van der Waals surface area contributed by atoms with Crippen LogP contribution >= 0.6 is 0 Å². The number of hydrogen-bond donors (Lipinski definition) is 1. The molecule has 1 nitrogen and oxygen atoms in total. The van der Waals surface area contributed by atoms with E-state index in [4.69, 9.17) is 0 Å². The van der Waals surface area contributed by atoms with Crippen LogP contribution in [-0.4, -0.2) is 11.2 Å². The highest BCUT2D eigenvalue weighted by Gasteiger charge is 2.52. The van der Waals surface area contributed by atoms with Gasteiger partial charge in [0.1, 0.15) is 0 Å². The third-order valence-corrected chi connectivity index (χ3v) is 4.31. The van der Waals surface area contributed by atoms with Crippen molar-refractivity contribution in [3.8, 4) is 0 Å². The van der Waals surface area contributed by atoms with Gasteiger partial charge in [-0.3, -0.25) is 0 Å². The third-order valence-electron chi connectivity index (χ3n) is 4.31. The van der Waals surface area contributed by atoms with Crippen LogP contribution in [0.3, 0.4) is 0 Å². The molecule has 1 heteroatoms. The highest BCUT2D eigenvalue weighted by Crippen LogP contribution is 2.58. The van der Waals surface area contributed by atoms with Crippen molar-refractivity contribution in [2.24, 2.45) is 11.3 Å². The van der Waals surface area contributed by atoms with Gasteiger partial charge < -0.3 is 5.11 Å². The molecule has 0 saturated heterocycles. The van der Waals surface area contributed by atoms with Crippen molar-refractivity contribution in [3.05, 3.63) is 12.2 Å². The lowest BCUT2D eigenvalue weighted by atomic mass is 9.77. The van der Waals surface area contributed by atoms with Gasteiger partial charge in [-0.2, -0.15) is 0 Å². The molecular weight excluding hydrogens is 184 g/mol. The number of allylic oxidation sites excluding steroid dienone is 2. The second-order valence-corrected chi connectivity index (χ2v) is 5.36. The van der Waals surface area contributed by atoms with Crippen LogP contribution in [0.15, 0.2) is 12.2 Å². The van der Waals surface area contributed by atoms with Crippen molar-refractivity contribution < 1.29 is 5.11 Å². The Labute approximate surface area is 93.6 Å². The maximum Gasteiger partial charge on any atom is 0.0602 e. The SMILES string of the molecule is CCCC[C@@H](O)C1([C@@H]2C=CCCC2)CC1. The van der Waals surface area contributed by atoms with Crippen molar-refractivity contribution >= 4 is 0 Å². The zero-order chi connectivity index (χ0) is 10.7. The minimum Gasteiger partial charge on any atom is -0.393 e. The van der Waals surface area contributed by atoms with E-state index in [1.165, 1.54) is 44.9 Å². The first kappa shape index (κ1) is 11.2. The Bertz CT molecular complexity index is 227. The molecular formula is C14H24O. The summed E-state index contributed by atoms with van der Waals surface area (Å²) in [4.78, 5) is 0. The monoisotopic (exact) mass is 208 g/mol. The van der Waals surface area contributed by atoms with Gasteiger partial charge in [0.05, 0.1) is 6.10 Å². The fourth-order valence-electron chi connectivity index (χ4n) is 3.07. The molecule has 0 aromatic rings. The van der Waals surface area contributed by atoms with Crippen LogP contribution in [0, 0.1) is 11.3 Å². The van der Waals surface area contributed by atoms with E-state index in [0.717, 1.165) is 6.42 Å². The van der Waals surface area contributed by atoms with E-state index in [1.807, 2.05) is 0 Å². The molecule has 0 radical (unpaired) electrons. The zero-order valence-electron chi connectivity index (χ0n) is 9.91. The second kappa shape index (κ2) is 4.69. The number of aliphatic hydroxyl groups excluding tert-OH is 1. The quantitative estimate of drug-likeness (QED) is 0.683. The Hall–Kier alpha value is -0.300. The number of rotatable bonds is 5. The summed E-state index contributed by atoms with van der Waals surface area (Å²) >= 11 is 0. The average molecular weight is 208 g/mol. The molecule has 0 aromatic heterocycles. The fraction of sp³-hybridized carbons (Fsp3) is 0.857. The van der Waals surface area contributed by atoms with Gasteiger partial charge in [0.15, 0.2) is 0 Å². The van der Waals surface area contributed by atoms with Crippen LogP contribution in [0.25, 0.3) is 0 Å². The first-order valence-electron chi connectivity index (χ1n) is 6.64. The Morgan fingerprint density at radius 1 is 1.47 bits per heavy atom. The molecule has 1 fully saturated rings. The summed E-state index contributed by atoms with van der Waals surface area (Å²) < 4.78 is 0. The van der Waals surface area contributed by atoms with Gasteiger partial charge in [-0.1, -0.05) is 31.9 Å². The summed E-state index contributed by atoms with van der Waals surface area (Å²) in [6.07, 6.45) is 14.5. The lowest BCUT2D eigenvalue weighted by Gasteiger charge is -2.31. The van der Waals surface area contributed by atoms with Crippen molar-refractivity contribution in [3.63, 3.8) is 0 Å². The molecule has 0 amide bonds. The molecule has 0 spiro atoms. The molecule has 2 aliphatic carbocycles. The molecule has 2 aliphatic rings. The summed E-state index contributed by atoms with van der Waals surface area (Å²) in [5.41, 5.74) is 0.298. The standard InChI is InChI=1S/C14H24O/c1-2-3-9-13(15)14(10-11-14)12-7-5-4-6-8-12/h5,7,12-13,15H,2-4,6,8-11H2,1H3/t12-,13-/m1/s1. The smallest absolute Gasteiger partial charge is 0.0602 e. The van der Waals surface area contributed by atoms with E-state index in [0.29, 0.717) is 11.3 Å². The van der Waals surface area contributed by atoms with Gasteiger partial charge in [0, 0.05) is 5.41 Å². The van der Waals surface area contributed by atoms with Crippen molar-refractivity contribution in [1.29, 1.82) is 0 Å². The van der Waals surface area contributed by atoms with Crippen molar-refractivity contribution in [2.75, 3.05) is 0 Å². The van der Waals surface area contributed by atoms with E-state index in [2.05, 4.69) is 19.1 Å². The normalized spacial score (nSPS) is 30.1.